The molecule has 0 aromatic carbocycles. The Balaban J connectivity index is 2.62. The highest BCUT2D eigenvalue weighted by Gasteiger charge is 2.58. The fraction of sp³-hybridized carbons (Fsp3) is 0.857. The molecule has 0 aliphatic heterocycles. The summed E-state index contributed by atoms with van der Waals surface area (Å²) in [6, 6.07) is 0. The summed E-state index contributed by atoms with van der Waals surface area (Å²) < 4.78 is 0. The molecule has 0 radical (unpaired) electrons. The van der Waals surface area contributed by atoms with Crippen LogP contribution < -0.4 is 0 Å². The SMILES string of the molecule is CC1[C@@H](C(=O)Cl)C1(C)C. The van der Waals surface area contributed by atoms with Crippen LogP contribution in [0.15, 0.2) is 0 Å². The Labute approximate surface area is 60.4 Å². The van der Waals surface area contributed by atoms with Gasteiger partial charge in [0.1, 0.15) is 0 Å². The van der Waals surface area contributed by atoms with Gasteiger partial charge in [0.25, 0.3) is 0 Å². The van der Waals surface area contributed by atoms with Gasteiger partial charge in [-0.05, 0) is 22.9 Å². The Hall–Kier alpha value is -0.0400. The summed E-state index contributed by atoms with van der Waals surface area (Å²) in [5, 5.41) is -0.174. The van der Waals surface area contributed by atoms with Gasteiger partial charge in [-0.1, -0.05) is 20.8 Å². The van der Waals surface area contributed by atoms with Crippen LogP contribution in [0.1, 0.15) is 20.8 Å². The van der Waals surface area contributed by atoms with Crippen molar-refractivity contribution in [3.63, 3.8) is 0 Å². The number of halogens is 1. The minimum atomic E-state index is -0.174. The van der Waals surface area contributed by atoms with Crippen LogP contribution in [-0.4, -0.2) is 5.24 Å². The molecular formula is C7H11ClO. The number of carbonyl (C=O) groups excluding carboxylic acids is 1. The molecule has 0 N–H and O–H groups in total. The molecule has 0 aromatic heterocycles. The van der Waals surface area contributed by atoms with Gasteiger partial charge < -0.3 is 0 Å². The van der Waals surface area contributed by atoms with Crippen molar-refractivity contribution in [3.8, 4) is 0 Å². The second-order valence-electron chi connectivity index (χ2n) is 3.39. The topological polar surface area (TPSA) is 17.1 Å². The van der Waals surface area contributed by atoms with Gasteiger partial charge >= 0.3 is 0 Å². The first-order chi connectivity index (χ1) is 3.98. The van der Waals surface area contributed by atoms with Crippen LogP contribution in [0.25, 0.3) is 0 Å². The summed E-state index contributed by atoms with van der Waals surface area (Å²) in [6.07, 6.45) is 0. The van der Waals surface area contributed by atoms with Crippen LogP contribution in [0, 0.1) is 17.3 Å². The predicted molar refractivity (Wildman–Crippen MR) is 37.3 cm³/mol. The number of rotatable bonds is 1. The minimum Gasteiger partial charge on any atom is -0.281 e. The summed E-state index contributed by atoms with van der Waals surface area (Å²) in [4.78, 5) is 10.6. The van der Waals surface area contributed by atoms with E-state index in [1.54, 1.807) is 0 Å². The first-order valence-corrected chi connectivity index (χ1v) is 3.55. The van der Waals surface area contributed by atoms with Crippen molar-refractivity contribution < 1.29 is 4.79 Å². The van der Waals surface area contributed by atoms with E-state index in [0.29, 0.717) is 5.92 Å². The van der Waals surface area contributed by atoms with Crippen LogP contribution in [0.4, 0.5) is 0 Å². The Bertz CT molecular complexity index is 151. The summed E-state index contributed by atoms with van der Waals surface area (Å²) >= 11 is 5.32. The lowest BCUT2D eigenvalue weighted by molar-refractivity contribution is -0.113. The van der Waals surface area contributed by atoms with Gasteiger partial charge in [0.2, 0.25) is 5.24 Å². The molecule has 0 heterocycles. The number of hydrogen-bond donors (Lipinski definition) is 0. The van der Waals surface area contributed by atoms with Gasteiger partial charge in [-0.2, -0.15) is 0 Å². The number of hydrogen-bond acceptors (Lipinski definition) is 1. The van der Waals surface area contributed by atoms with Gasteiger partial charge in [-0.3, -0.25) is 4.79 Å². The summed E-state index contributed by atoms with van der Waals surface area (Å²) in [5.74, 6) is 0.585. The molecule has 1 fully saturated rings. The fourth-order valence-corrected chi connectivity index (χ4v) is 1.85. The van der Waals surface area contributed by atoms with E-state index in [1.807, 2.05) is 0 Å². The minimum absolute atomic E-state index is 0.110. The largest absolute Gasteiger partial charge is 0.281 e. The molecule has 0 bridgehead atoms. The highest BCUT2D eigenvalue weighted by atomic mass is 35.5. The van der Waals surface area contributed by atoms with Crippen molar-refractivity contribution in [2.45, 2.75) is 20.8 Å². The molecule has 2 atom stereocenters. The molecule has 0 spiro atoms. The zero-order valence-corrected chi connectivity index (χ0v) is 6.70. The Kier molecular flexibility index (Phi) is 1.35. The smallest absolute Gasteiger partial charge is 0.225 e. The van der Waals surface area contributed by atoms with E-state index >= 15 is 0 Å². The maximum absolute atomic E-state index is 10.6. The van der Waals surface area contributed by atoms with E-state index in [0.717, 1.165) is 0 Å². The molecule has 1 saturated carbocycles. The first-order valence-electron chi connectivity index (χ1n) is 3.17. The van der Waals surface area contributed by atoms with Crippen LogP contribution >= 0.6 is 11.6 Å². The predicted octanol–water partition coefficient (Wildman–Crippen LogP) is 2.04. The van der Waals surface area contributed by atoms with Gasteiger partial charge in [0, 0.05) is 5.92 Å². The van der Waals surface area contributed by atoms with Gasteiger partial charge in [0.05, 0.1) is 0 Å². The molecule has 2 heteroatoms. The van der Waals surface area contributed by atoms with Gasteiger partial charge in [-0.25, -0.2) is 0 Å². The van der Waals surface area contributed by atoms with Gasteiger partial charge in [-0.15, -0.1) is 0 Å². The van der Waals surface area contributed by atoms with Crippen LogP contribution in [0.3, 0.4) is 0 Å². The van der Waals surface area contributed by atoms with Crippen molar-refractivity contribution in [1.29, 1.82) is 0 Å². The molecule has 1 aliphatic carbocycles. The molecule has 1 aliphatic rings. The van der Waals surface area contributed by atoms with E-state index in [9.17, 15) is 4.79 Å². The Morgan fingerprint density at radius 1 is 1.56 bits per heavy atom. The van der Waals surface area contributed by atoms with Crippen LogP contribution in [0.2, 0.25) is 0 Å². The summed E-state index contributed by atoms with van der Waals surface area (Å²) in [7, 11) is 0. The summed E-state index contributed by atoms with van der Waals surface area (Å²) in [6.45, 7) is 6.20. The second kappa shape index (κ2) is 1.72. The van der Waals surface area contributed by atoms with Crippen molar-refractivity contribution in [3.05, 3.63) is 0 Å². The molecule has 0 aromatic rings. The maximum Gasteiger partial charge on any atom is 0.225 e. The highest BCUT2D eigenvalue weighted by Crippen LogP contribution is 2.58. The van der Waals surface area contributed by atoms with E-state index < -0.39 is 0 Å². The number of carbonyl (C=O) groups is 1. The molecule has 52 valence electrons. The molecule has 1 rings (SSSR count). The lowest BCUT2D eigenvalue weighted by atomic mass is 10.1. The zero-order chi connectivity index (χ0) is 7.23. The van der Waals surface area contributed by atoms with Crippen molar-refractivity contribution in [1.82, 2.24) is 0 Å². The highest BCUT2D eigenvalue weighted by molar-refractivity contribution is 6.64. The molecule has 1 nitrogen and oxygen atoms in total. The molecule has 0 saturated heterocycles. The van der Waals surface area contributed by atoms with E-state index in [4.69, 9.17) is 11.6 Å². The lowest BCUT2D eigenvalue weighted by Crippen LogP contribution is -1.96. The van der Waals surface area contributed by atoms with E-state index in [1.165, 1.54) is 0 Å². The summed E-state index contributed by atoms with van der Waals surface area (Å²) in [5.41, 5.74) is 0.166. The quantitative estimate of drug-likeness (QED) is 0.518. The van der Waals surface area contributed by atoms with E-state index in [2.05, 4.69) is 20.8 Å². The van der Waals surface area contributed by atoms with E-state index in [-0.39, 0.29) is 16.6 Å². The third-order valence-corrected chi connectivity index (χ3v) is 2.85. The van der Waals surface area contributed by atoms with Crippen molar-refractivity contribution in [2.75, 3.05) is 0 Å². The third kappa shape index (κ3) is 0.877. The van der Waals surface area contributed by atoms with Gasteiger partial charge in [0.15, 0.2) is 0 Å². The Morgan fingerprint density at radius 3 is 1.89 bits per heavy atom. The average Bonchev–Trinajstić information content (AvgIpc) is 2.07. The second-order valence-corrected chi connectivity index (χ2v) is 3.76. The monoisotopic (exact) mass is 146 g/mol. The van der Waals surface area contributed by atoms with Crippen molar-refractivity contribution >= 4 is 16.8 Å². The molecule has 1 unspecified atom stereocenters. The normalized spacial score (nSPS) is 38.2. The van der Waals surface area contributed by atoms with Crippen molar-refractivity contribution in [2.24, 2.45) is 17.3 Å². The lowest BCUT2D eigenvalue weighted by Gasteiger charge is -1.95. The maximum atomic E-state index is 10.6. The molecule has 9 heavy (non-hydrogen) atoms. The first kappa shape index (κ1) is 7.07. The fourth-order valence-electron chi connectivity index (χ4n) is 1.38. The van der Waals surface area contributed by atoms with Crippen LogP contribution in [0.5, 0.6) is 0 Å². The third-order valence-electron chi connectivity index (χ3n) is 2.61. The molecule has 0 amide bonds. The average molecular weight is 147 g/mol. The Morgan fingerprint density at radius 2 is 1.89 bits per heavy atom. The zero-order valence-electron chi connectivity index (χ0n) is 5.94. The van der Waals surface area contributed by atoms with Crippen LogP contribution in [-0.2, 0) is 4.79 Å². The standard InChI is InChI=1S/C7H11ClO/c1-4-5(6(8)9)7(4,2)3/h4-5H,1-3H3/t4?,5-/m0/s1. The molecular weight excluding hydrogens is 136 g/mol.